The summed E-state index contributed by atoms with van der Waals surface area (Å²) in [5, 5.41) is 11.8. The fourth-order valence-electron chi connectivity index (χ4n) is 2.02. The molecule has 0 aliphatic carbocycles. The minimum absolute atomic E-state index is 0.223. The molecule has 0 aliphatic rings. The first-order chi connectivity index (χ1) is 10.8. The van der Waals surface area contributed by atoms with Gasteiger partial charge >= 0.3 is 6.03 Å². The minimum Gasteiger partial charge on any atom is -0.333 e. The Morgan fingerprint density at radius 1 is 1.23 bits per heavy atom. The van der Waals surface area contributed by atoms with E-state index in [0.717, 1.165) is 16.1 Å². The Morgan fingerprint density at radius 3 is 2.91 bits per heavy atom. The van der Waals surface area contributed by atoms with Crippen LogP contribution < -0.4 is 10.6 Å². The highest BCUT2D eigenvalue weighted by molar-refractivity contribution is 7.09. The number of benzene rings is 1. The van der Waals surface area contributed by atoms with Crippen molar-refractivity contribution in [2.45, 2.75) is 13.1 Å². The molecule has 0 bridgehead atoms. The fraction of sp³-hybridized carbons (Fsp3) is 0.133. The average Bonchev–Trinajstić information content (AvgIpc) is 3.20. The minimum atomic E-state index is -0.223. The molecule has 0 radical (unpaired) electrons. The summed E-state index contributed by atoms with van der Waals surface area (Å²) in [5.74, 6) is 0. The zero-order valence-corrected chi connectivity index (χ0v) is 12.6. The molecular formula is C15H15N5OS. The summed E-state index contributed by atoms with van der Waals surface area (Å²) in [6, 6.07) is 11.4. The number of nitrogens with zero attached hydrogens (tertiary/aromatic N) is 3. The van der Waals surface area contributed by atoms with E-state index in [4.69, 9.17) is 0 Å². The number of aromatic nitrogens is 3. The number of amides is 2. The second kappa shape index (κ2) is 6.86. The van der Waals surface area contributed by atoms with Crippen LogP contribution in [0.2, 0.25) is 0 Å². The van der Waals surface area contributed by atoms with E-state index >= 15 is 0 Å². The first kappa shape index (κ1) is 14.3. The second-order valence-corrected chi connectivity index (χ2v) is 5.67. The Morgan fingerprint density at radius 2 is 2.14 bits per heavy atom. The summed E-state index contributed by atoms with van der Waals surface area (Å²) < 4.78 is 1.71. The molecule has 0 atom stereocenters. The van der Waals surface area contributed by atoms with E-state index in [9.17, 15) is 4.79 Å². The van der Waals surface area contributed by atoms with Crippen molar-refractivity contribution in [2.24, 2.45) is 0 Å². The molecule has 3 rings (SSSR count). The number of urea groups is 1. The molecule has 0 fully saturated rings. The third-order valence-electron chi connectivity index (χ3n) is 3.07. The topological polar surface area (TPSA) is 71.8 Å². The predicted octanol–water partition coefficient (Wildman–Crippen LogP) is 2.71. The van der Waals surface area contributed by atoms with E-state index in [1.165, 1.54) is 6.33 Å². The zero-order valence-electron chi connectivity index (χ0n) is 11.8. The van der Waals surface area contributed by atoms with Crippen molar-refractivity contribution < 1.29 is 4.79 Å². The molecule has 2 heterocycles. The normalized spacial score (nSPS) is 10.4. The molecule has 0 aliphatic heterocycles. The van der Waals surface area contributed by atoms with Crippen LogP contribution in [-0.4, -0.2) is 20.8 Å². The molecule has 0 unspecified atom stereocenters. The number of nitrogens with one attached hydrogen (secondary N) is 2. The third-order valence-corrected chi connectivity index (χ3v) is 3.94. The molecule has 0 saturated carbocycles. The van der Waals surface area contributed by atoms with Gasteiger partial charge in [-0.25, -0.2) is 14.5 Å². The van der Waals surface area contributed by atoms with Crippen molar-refractivity contribution in [1.29, 1.82) is 0 Å². The number of rotatable bonds is 5. The molecular weight excluding hydrogens is 298 g/mol. The quantitative estimate of drug-likeness (QED) is 0.761. The number of anilines is 1. The van der Waals surface area contributed by atoms with Gasteiger partial charge in [0.2, 0.25) is 0 Å². The maximum absolute atomic E-state index is 12.0. The molecule has 2 aromatic heterocycles. The van der Waals surface area contributed by atoms with Crippen LogP contribution in [0.25, 0.3) is 0 Å². The Kier molecular flexibility index (Phi) is 4.45. The van der Waals surface area contributed by atoms with Crippen LogP contribution in [0.5, 0.6) is 0 Å². The van der Waals surface area contributed by atoms with Crippen molar-refractivity contribution in [3.8, 4) is 0 Å². The summed E-state index contributed by atoms with van der Waals surface area (Å²) in [7, 11) is 0. The summed E-state index contributed by atoms with van der Waals surface area (Å²) in [5.41, 5.74) is 1.74. The van der Waals surface area contributed by atoms with Gasteiger partial charge < -0.3 is 10.6 Å². The van der Waals surface area contributed by atoms with E-state index in [2.05, 4.69) is 20.7 Å². The van der Waals surface area contributed by atoms with Gasteiger partial charge in [0.15, 0.2) is 0 Å². The Balaban J connectivity index is 1.63. The van der Waals surface area contributed by atoms with Gasteiger partial charge in [-0.05, 0) is 23.1 Å². The smallest absolute Gasteiger partial charge is 0.319 e. The van der Waals surface area contributed by atoms with E-state index in [-0.39, 0.29) is 6.03 Å². The Bertz CT molecular complexity index is 724. The van der Waals surface area contributed by atoms with Crippen molar-refractivity contribution in [3.05, 3.63) is 64.9 Å². The number of hydrogen-bond acceptors (Lipinski definition) is 4. The molecule has 0 saturated heterocycles. The molecule has 2 amide bonds. The van der Waals surface area contributed by atoms with Crippen LogP contribution in [-0.2, 0) is 13.1 Å². The van der Waals surface area contributed by atoms with Gasteiger partial charge in [-0.1, -0.05) is 24.3 Å². The summed E-state index contributed by atoms with van der Waals surface area (Å²) in [6.45, 7) is 1.08. The van der Waals surface area contributed by atoms with Crippen molar-refractivity contribution in [1.82, 2.24) is 20.1 Å². The van der Waals surface area contributed by atoms with Crippen LogP contribution in [0.3, 0.4) is 0 Å². The van der Waals surface area contributed by atoms with E-state index in [1.807, 2.05) is 41.8 Å². The van der Waals surface area contributed by atoms with Crippen LogP contribution in [0, 0.1) is 0 Å². The van der Waals surface area contributed by atoms with Gasteiger partial charge in [0.1, 0.15) is 12.7 Å². The summed E-state index contributed by atoms with van der Waals surface area (Å²) >= 11 is 1.62. The highest BCUT2D eigenvalue weighted by Crippen LogP contribution is 2.16. The Hall–Kier alpha value is -2.67. The van der Waals surface area contributed by atoms with Crippen LogP contribution in [0.4, 0.5) is 10.5 Å². The first-order valence-corrected chi connectivity index (χ1v) is 7.67. The summed E-state index contributed by atoms with van der Waals surface area (Å²) in [4.78, 5) is 17.0. The average molecular weight is 313 g/mol. The molecule has 22 heavy (non-hydrogen) atoms. The molecule has 7 heteroatoms. The van der Waals surface area contributed by atoms with Gasteiger partial charge in [0.25, 0.3) is 0 Å². The van der Waals surface area contributed by atoms with Gasteiger partial charge in [0, 0.05) is 10.6 Å². The van der Waals surface area contributed by atoms with Gasteiger partial charge in [0.05, 0.1) is 13.1 Å². The second-order valence-electron chi connectivity index (χ2n) is 4.64. The zero-order chi connectivity index (χ0) is 15.2. The van der Waals surface area contributed by atoms with Gasteiger partial charge in [-0.2, -0.15) is 5.10 Å². The van der Waals surface area contributed by atoms with Crippen molar-refractivity contribution >= 4 is 23.1 Å². The Labute approximate surface area is 131 Å². The lowest BCUT2D eigenvalue weighted by Crippen LogP contribution is -2.28. The maximum atomic E-state index is 12.0. The lowest BCUT2D eigenvalue weighted by Gasteiger charge is -2.11. The largest absolute Gasteiger partial charge is 0.333 e. The van der Waals surface area contributed by atoms with Crippen LogP contribution in [0.15, 0.2) is 54.4 Å². The lowest BCUT2D eigenvalue weighted by molar-refractivity contribution is 0.252. The number of carbonyl (C=O) groups is 1. The number of para-hydroxylation sites is 1. The monoisotopic (exact) mass is 313 g/mol. The molecule has 6 nitrogen and oxygen atoms in total. The van der Waals surface area contributed by atoms with Crippen molar-refractivity contribution in [2.75, 3.05) is 5.32 Å². The number of carbonyl (C=O) groups excluding carboxylic acids is 1. The SMILES string of the molecule is O=C(NCc1cccs1)Nc1ccccc1Cn1cncn1. The van der Waals surface area contributed by atoms with E-state index in [1.54, 1.807) is 22.3 Å². The maximum Gasteiger partial charge on any atom is 0.319 e. The third kappa shape index (κ3) is 3.70. The molecule has 112 valence electrons. The molecule has 1 aromatic carbocycles. The van der Waals surface area contributed by atoms with E-state index < -0.39 is 0 Å². The van der Waals surface area contributed by atoms with E-state index in [0.29, 0.717) is 13.1 Å². The standard InChI is InChI=1S/C15H15N5OS/c21-15(17-8-13-5-3-7-22-13)19-14-6-2-1-4-12(14)9-20-11-16-10-18-20/h1-7,10-11H,8-9H2,(H2,17,19,21). The van der Waals surface area contributed by atoms with Crippen LogP contribution >= 0.6 is 11.3 Å². The molecule has 0 spiro atoms. The van der Waals surface area contributed by atoms with Gasteiger partial charge in [-0.15, -0.1) is 11.3 Å². The highest BCUT2D eigenvalue weighted by Gasteiger charge is 2.07. The molecule has 2 N–H and O–H groups in total. The fourth-order valence-corrected chi connectivity index (χ4v) is 2.66. The summed E-state index contributed by atoms with van der Waals surface area (Å²) in [6.07, 6.45) is 3.14. The highest BCUT2D eigenvalue weighted by atomic mass is 32.1. The van der Waals surface area contributed by atoms with Gasteiger partial charge in [-0.3, -0.25) is 0 Å². The van der Waals surface area contributed by atoms with Crippen LogP contribution in [0.1, 0.15) is 10.4 Å². The van der Waals surface area contributed by atoms with Crippen molar-refractivity contribution in [3.63, 3.8) is 0 Å². The molecule has 3 aromatic rings. The predicted molar refractivity (Wildman–Crippen MR) is 85.7 cm³/mol. The lowest BCUT2D eigenvalue weighted by atomic mass is 10.2. The number of thiophene rings is 1. The first-order valence-electron chi connectivity index (χ1n) is 6.79. The number of hydrogen-bond donors (Lipinski definition) is 2.